The third-order valence-corrected chi connectivity index (χ3v) is 4.79. The molecule has 1 unspecified atom stereocenters. The Labute approximate surface area is 131 Å². The molecule has 1 N–H and O–H groups in total. The third-order valence-electron chi connectivity index (χ3n) is 4.79. The van der Waals surface area contributed by atoms with Crippen molar-refractivity contribution in [3.63, 3.8) is 0 Å². The molecular formula is C20H33N. The predicted octanol–water partition coefficient (Wildman–Crippen LogP) is 5.18. The lowest BCUT2D eigenvalue weighted by molar-refractivity contribution is 0.296. The highest BCUT2D eigenvalue weighted by Crippen LogP contribution is 2.28. The number of aryl methyl sites for hydroxylation is 2. The summed E-state index contributed by atoms with van der Waals surface area (Å²) in [5.41, 5.74) is 4.31. The van der Waals surface area contributed by atoms with Gasteiger partial charge in [0.05, 0.1) is 0 Å². The maximum absolute atomic E-state index is 3.80. The summed E-state index contributed by atoms with van der Waals surface area (Å²) in [5.74, 6) is 0.957. The maximum Gasteiger partial charge on any atom is 0.0110 e. The molecule has 1 aromatic rings. The molecule has 21 heavy (non-hydrogen) atoms. The smallest absolute Gasteiger partial charge is 0.0110 e. The minimum atomic E-state index is 0.661. The summed E-state index contributed by atoms with van der Waals surface area (Å²) in [6, 6.07) is 7.68. The van der Waals surface area contributed by atoms with Crippen molar-refractivity contribution in [3.8, 4) is 0 Å². The van der Waals surface area contributed by atoms with Crippen molar-refractivity contribution in [2.75, 3.05) is 6.54 Å². The molecule has 2 rings (SSSR count). The molecule has 1 nitrogen and oxygen atoms in total. The van der Waals surface area contributed by atoms with Crippen LogP contribution in [0.25, 0.3) is 0 Å². The number of hydrogen-bond donors (Lipinski definition) is 1. The van der Waals surface area contributed by atoms with Gasteiger partial charge in [-0.15, -0.1) is 0 Å². The summed E-state index contributed by atoms with van der Waals surface area (Å²) >= 11 is 0. The SMILES string of the molecule is CCCNC(Cc1cc(C)cc(C)c1)CC1CCCCC1. The summed E-state index contributed by atoms with van der Waals surface area (Å²) in [6.45, 7) is 7.85. The predicted molar refractivity (Wildman–Crippen MR) is 92.9 cm³/mol. The van der Waals surface area contributed by atoms with Crippen LogP contribution in [0.15, 0.2) is 18.2 Å². The number of rotatable bonds is 7. The van der Waals surface area contributed by atoms with Gasteiger partial charge in [-0.2, -0.15) is 0 Å². The lowest BCUT2D eigenvalue weighted by Gasteiger charge is -2.27. The van der Waals surface area contributed by atoms with Crippen molar-refractivity contribution in [3.05, 3.63) is 34.9 Å². The van der Waals surface area contributed by atoms with Crippen LogP contribution in [0, 0.1) is 19.8 Å². The van der Waals surface area contributed by atoms with Crippen LogP contribution in [0.2, 0.25) is 0 Å². The van der Waals surface area contributed by atoms with E-state index in [-0.39, 0.29) is 0 Å². The van der Waals surface area contributed by atoms with E-state index in [0.29, 0.717) is 6.04 Å². The molecule has 0 saturated heterocycles. The van der Waals surface area contributed by atoms with E-state index in [9.17, 15) is 0 Å². The Morgan fingerprint density at radius 1 is 1.05 bits per heavy atom. The Balaban J connectivity index is 1.97. The van der Waals surface area contributed by atoms with Crippen molar-refractivity contribution in [1.29, 1.82) is 0 Å². The van der Waals surface area contributed by atoms with Gasteiger partial charge in [0.15, 0.2) is 0 Å². The van der Waals surface area contributed by atoms with Crippen LogP contribution in [0.1, 0.15) is 68.6 Å². The Morgan fingerprint density at radius 2 is 1.71 bits per heavy atom. The van der Waals surface area contributed by atoms with E-state index in [4.69, 9.17) is 0 Å². The maximum atomic E-state index is 3.80. The Kier molecular flexibility index (Phi) is 6.76. The molecule has 1 saturated carbocycles. The third kappa shape index (κ3) is 5.82. The molecule has 0 aliphatic heterocycles. The summed E-state index contributed by atoms with van der Waals surface area (Å²) in [7, 11) is 0. The van der Waals surface area contributed by atoms with E-state index < -0.39 is 0 Å². The zero-order chi connectivity index (χ0) is 15.1. The Morgan fingerprint density at radius 3 is 2.33 bits per heavy atom. The quantitative estimate of drug-likeness (QED) is 0.728. The van der Waals surface area contributed by atoms with E-state index in [1.807, 2.05) is 0 Å². The molecule has 118 valence electrons. The molecule has 1 aliphatic carbocycles. The first-order valence-corrected chi connectivity index (χ1v) is 8.98. The summed E-state index contributed by atoms with van der Waals surface area (Å²) in [4.78, 5) is 0. The minimum Gasteiger partial charge on any atom is -0.314 e. The zero-order valence-electron chi connectivity index (χ0n) is 14.3. The van der Waals surface area contributed by atoms with Crippen LogP contribution in [-0.2, 0) is 6.42 Å². The minimum absolute atomic E-state index is 0.661. The van der Waals surface area contributed by atoms with Gasteiger partial charge in [0, 0.05) is 6.04 Å². The molecular weight excluding hydrogens is 254 g/mol. The van der Waals surface area contributed by atoms with Gasteiger partial charge in [-0.3, -0.25) is 0 Å². The molecule has 0 aromatic heterocycles. The van der Waals surface area contributed by atoms with Crippen LogP contribution in [0.3, 0.4) is 0 Å². The monoisotopic (exact) mass is 287 g/mol. The van der Waals surface area contributed by atoms with Gasteiger partial charge in [0.2, 0.25) is 0 Å². The van der Waals surface area contributed by atoms with Gasteiger partial charge in [-0.25, -0.2) is 0 Å². The van der Waals surface area contributed by atoms with Crippen LogP contribution < -0.4 is 5.32 Å². The highest BCUT2D eigenvalue weighted by molar-refractivity contribution is 5.29. The molecule has 1 fully saturated rings. The van der Waals surface area contributed by atoms with E-state index in [2.05, 4.69) is 44.3 Å². The lowest BCUT2D eigenvalue weighted by atomic mass is 9.83. The first-order chi connectivity index (χ1) is 10.2. The Hall–Kier alpha value is -0.820. The van der Waals surface area contributed by atoms with Gasteiger partial charge < -0.3 is 5.32 Å². The molecule has 0 bridgehead atoms. The molecule has 0 radical (unpaired) electrons. The average molecular weight is 287 g/mol. The summed E-state index contributed by atoms with van der Waals surface area (Å²) in [6.07, 6.45) is 11.1. The highest BCUT2D eigenvalue weighted by atomic mass is 14.9. The van der Waals surface area contributed by atoms with Gasteiger partial charge in [0.25, 0.3) is 0 Å². The first-order valence-electron chi connectivity index (χ1n) is 8.98. The van der Waals surface area contributed by atoms with Crippen molar-refractivity contribution in [2.45, 2.75) is 78.2 Å². The van der Waals surface area contributed by atoms with Crippen LogP contribution >= 0.6 is 0 Å². The van der Waals surface area contributed by atoms with Crippen molar-refractivity contribution >= 4 is 0 Å². The number of nitrogens with one attached hydrogen (secondary N) is 1. The molecule has 1 heteroatoms. The fraction of sp³-hybridized carbons (Fsp3) is 0.700. The second kappa shape index (κ2) is 8.58. The van der Waals surface area contributed by atoms with Crippen LogP contribution in [0.4, 0.5) is 0 Å². The fourth-order valence-electron chi connectivity index (χ4n) is 3.88. The number of hydrogen-bond acceptors (Lipinski definition) is 1. The van der Waals surface area contributed by atoms with Crippen LogP contribution in [-0.4, -0.2) is 12.6 Å². The first kappa shape index (κ1) is 16.5. The van der Waals surface area contributed by atoms with Crippen molar-refractivity contribution in [2.24, 2.45) is 5.92 Å². The summed E-state index contributed by atoms with van der Waals surface area (Å²) < 4.78 is 0. The van der Waals surface area contributed by atoms with Crippen molar-refractivity contribution in [1.82, 2.24) is 5.32 Å². The fourth-order valence-corrected chi connectivity index (χ4v) is 3.88. The van der Waals surface area contributed by atoms with Gasteiger partial charge in [-0.05, 0) is 51.1 Å². The lowest BCUT2D eigenvalue weighted by Crippen LogP contribution is -2.34. The molecule has 1 aliphatic rings. The molecule has 0 amide bonds. The van der Waals surface area contributed by atoms with Crippen molar-refractivity contribution < 1.29 is 0 Å². The molecule has 1 aromatic carbocycles. The van der Waals surface area contributed by atoms with Gasteiger partial charge in [0.1, 0.15) is 0 Å². The van der Waals surface area contributed by atoms with Gasteiger partial charge in [-0.1, -0.05) is 68.4 Å². The van der Waals surface area contributed by atoms with E-state index in [1.165, 1.54) is 68.1 Å². The molecule has 0 heterocycles. The van der Waals surface area contributed by atoms with Crippen LogP contribution in [0.5, 0.6) is 0 Å². The number of benzene rings is 1. The van der Waals surface area contributed by atoms with E-state index >= 15 is 0 Å². The van der Waals surface area contributed by atoms with Gasteiger partial charge >= 0.3 is 0 Å². The Bertz CT molecular complexity index is 398. The normalized spacial score (nSPS) is 17.9. The topological polar surface area (TPSA) is 12.0 Å². The highest BCUT2D eigenvalue weighted by Gasteiger charge is 2.19. The van der Waals surface area contributed by atoms with E-state index in [1.54, 1.807) is 0 Å². The van der Waals surface area contributed by atoms with E-state index in [0.717, 1.165) is 12.5 Å². The second-order valence-corrected chi connectivity index (χ2v) is 7.09. The standard InChI is InChI=1S/C20H33N/c1-4-10-21-20(14-18-8-6-5-7-9-18)15-19-12-16(2)11-17(3)13-19/h11-13,18,20-21H,4-10,14-15H2,1-3H3. The molecule has 0 spiro atoms. The average Bonchev–Trinajstić information content (AvgIpc) is 2.45. The largest absolute Gasteiger partial charge is 0.314 e. The summed E-state index contributed by atoms with van der Waals surface area (Å²) in [5, 5.41) is 3.80. The molecule has 1 atom stereocenters. The second-order valence-electron chi connectivity index (χ2n) is 7.09. The zero-order valence-corrected chi connectivity index (χ0v) is 14.3.